The molecule has 1 heterocycles. The van der Waals surface area contributed by atoms with E-state index in [-0.39, 0.29) is 6.10 Å². The van der Waals surface area contributed by atoms with Gasteiger partial charge in [0.2, 0.25) is 5.89 Å². The van der Waals surface area contributed by atoms with Gasteiger partial charge in [-0.3, -0.25) is 0 Å². The topological polar surface area (TPSA) is 88.4 Å². The Balaban J connectivity index is 1.85. The van der Waals surface area contributed by atoms with Gasteiger partial charge in [0.1, 0.15) is 0 Å². The van der Waals surface area contributed by atoms with E-state index in [0.29, 0.717) is 30.8 Å². The number of aromatic nitrogens is 2. The third kappa shape index (κ3) is 2.51. The first-order valence-electron chi connectivity index (χ1n) is 5.60. The molecule has 16 heavy (non-hydrogen) atoms. The van der Waals surface area contributed by atoms with Crippen LogP contribution in [0.5, 0.6) is 0 Å². The van der Waals surface area contributed by atoms with Crippen molar-refractivity contribution in [2.75, 3.05) is 25.0 Å². The molecule has 0 amide bonds. The van der Waals surface area contributed by atoms with Crippen LogP contribution < -0.4 is 10.6 Å². The lowest BCUT2D eigenvalue weighted by atomic mass is 9.82. The van der Waals surface area contributed by atoms with Crippen molar-refractivity contribution < 1.29 is 9.52 Å². The summed E-state index contributed by atoms with van der Waals surface area (Å²) in [6.45, 7) is 1.36. The van der Waals surface area contributed by atoms with Crippen LogP contribution in [0.3, 0.4) is 0 Å². The van der Waals surface area contributed by atoms with Gasteiger partial charge in [0.05, 0.1) is 6.10 Å². The summed E-state index contributed by atoms with van der Waals surface area (Å²) in [5.41, 5.74) is 5.40. The molecule has 0 spiro atoms. The average Bonchev–Trinajstić information content (AvgIpc) is 2.64. The van der Waals surface area contributed by atoms with Gasteiger partial charge in [-0.1, -0.05) is 5.10 Å². The lowest BCUT2D eigenvalue weighted by Crippen LogP contribution is -2.37. The van der Waals surface area contributed by atoms with E-state index in [0.717, 1.165) is 19.4 Å². The van der Waals surface area contributed by atoms with Crippen LogP contribution >= 0.6 is 0 Å². The minimum Gasteiger partial charge on any atom is -0.408 e. The molecule has 1 fully saturated rings. The standard InChI is InChI=1S/C10H18N4O2/c1-14(6-7-4-8(15)5-7)10-13-12-9(16-10)2-3-11/h7-8,15H,2-6,11H2,1H3. The molecule has 0 radical (unpaired) electrons. The molecule has 1 saturated carbocycles. The highest BCUT2D eigenvalue weighted by molar-refractivity contribution is 5.22. The molecule has 1 aromatic heterocycles. The number of rotatable bonds is 5. The largest absolute Gasteiger partial charge is 0.408 e. The number of hydrogen-bond acceptors (Lipinski definition) is 6. The number of nitrogens with two attached hydrogens (primary N) is 1. The highest BCUT2D eigenvalue weighted by atomic mass is 16.4. The van der Waals surface area contributed by atoms with Crippen LogP contribution in [0.15, 0.2) is 4.42 Å². The van der Waals surface area contributed by atoms with Crippen LogP contribution in [-0.2, 0) is 6.42 Å². The zero-order valence-corrected chi connectivity index (χ0v) is 9.46. The van der Waals surface area contributed by atoms with E-state index in [9.17, 15) is 5.11 Å². The van der Waals surface area contributed by atoms with Gasteiger partial charge < -0.3 is 20.2 Å². The van der Waals surface area contributed by atoms with Gasteiger partial charge in [-0.25, -0.2) is 0 Å². The summed E-state index contributed by atoms with van der Waals surface area (Å²) in [6.07, 6.45) is 2.24. The van der Waals surface area contributed by atoms with Crippen LogP contribution in [-0.4, -0.2) is 41.5 Å². The van der Waals surface area contributed by atoms with E-state index in [4.69, 9.17) is 10.2 Å². The van der Waals surface area contributed by atoms with E-state index < -0.39 is 0 Å². The number of anilines is 1. The third-order valence-corrected chi connectivity index (χ3v) is 2.88. The summed E-state index contributed by atoms with van der Waals surface area (Å²) in [5.74, 6) is 1.11. The van der Waals surface area contributed by atoms with Crippen LogP contribution in [0, 0.1) is 5.92 Å². The smallest absolute Gasteiger partial charge is 0.317 e. The quantitative estimate of drug-likeness (QED) is 0.721. The Labute approximate surface area is 94.4 Å². The van der Waals surface area contributed by atoms with E-state index >= 15 is 0 Å². The lowest BCUT2D eigenvalue weighted by molar-refractivity contribution is 0.0461. The molecular formula is C10H18N4O2. The summed E-state index contributed by atoms with van der Waals surface area (Å²) in [6, 6.07) is 0.532. The van der Waals surface area contributed by atoms with E-state index in [1.807, 2.05) is 11.9 Å². The van der Waals surface area contributed by atoms with E-state index in [1.54, 1.807) is 0 Å². The molecule has 0 aliphatic heterocycles. The fraction of sp³-hybridized carbons (Fsp3) is 0.800. The molecule has 0 saturated heterocycles. The predicted octanol–water partition coefficient (Wildman–Crippen LogP) is -0.222. The molecule has 0 unspecified atom stereocenters. The van der Waals surface area contributed by atoms with Gasteiger partial charge >= 0.3 is 6.01 Å². The maximum absolute atomic E-state index is 9.19. The molecule has 90 valence electrons. The lowest BCUT2D eigenvalue weighted by Gasteiger charge is -2.33. The molecule has 6 heteroatoms. The number of hydrogen-bond donors (Lipinski definition) is 2. The second kappa shape index (κ2) is 4.80. The van der Waals surface area contributed by atoms with Crippen LogP contribution in [0.1, 0.15) is 18.7 Å². The van der Waals surface area contributed by atoms with Gasteiger partial charge in [-0.15, -0.1) is 5.10 Å². The first-order valence-corrected chi connectivity index (χ1v) is 5.60. The fourth-order valence-electron chi connectivity index (χ4n) is 1.94. The van der Waals surface area contributed by atoms with Crippen molar-refractivity contribution in [2.24, 2.45) is 11.7 Å². The second-order valence-corrected chi connectivity index (χ2v) is 4.39. The Morgan fingerprint density at radius 2 is 2.25 bits per heavy atom. The highest BCUT2D eigenvalue weighted by Crippen LogP contribution is 2.28. The summed E-state index contributed by atoms with van der Waals surface area (Å²) in [7, 11) is 1.92. The molecule has 2 rings (SSSR count). The van der Waals surface area contributed by atoms with E-state index in [1.165, 1.54) is 0 Å². The maximum Gasteiger partial charge on any atom is 0.317 e. The van der Waals surface area contributed by atoms with Crippen LogP contribution in [0.25, 0.3) is 0 Å². The predicted molar refractivity (Wildman–Crippen MR) is 59.1 cm³/mol. The minimum absolute atomic E-state index is 0.117. The van der Waals surface area contributed by atoms with Crippen molar-refractivity contribution in [1.29, 1.82) is 0 Å². The van der Waals surface area contributed by atoms with Crippen molar-refractivity contribution in [1.82, 2.24) is 10.2 Å². The zero-order valence-electron chi connectivity index (χ0n) is 9.46. The first kappa shape index (κ1) is 11.3. The summed E-state index contributed by atoms with van der Waals surface area (Å²) in [5, 5.41) is 17.1. The molecule has 0 bridgehead atoms. The Bertz CT molecular complexity index is 335. The average molecular weight is 226 g/mol. The van der Waals surface area contributed by atoms with Gasteiger partial charge in [0.15, 0.2) is 0 Å². The molecule has 1 aliphatic carbocycles. The number of aliphatic hydroxyl groups is 1. The van der Waals surface area contributed by atoms with Crippen LogP contribution in [0.4, 0.5) is 6.01 Å². The van der Waals surface area contributed by atoms with E-state index in [2.05, 4.69) is 10.2 Å². The minimum atomic E-state index is -0.117. The Morgan fingerprint density at radius 1 is 1.50 bits per heavy atom. The number of nitrogens with zero attached hydrogens (tertiary/aromatic N) is 3. The van der Waals surface area contributed by atoms with Gasteiger partial charge in [-0.2, -0.15) is 0 Å². The van der Waals surface area contributed by atoms with Crippen molar-refractivity contribution in [3.8, 4) is 0 Å². The molecular weight excluding hydrogens is 208 g/mol. The van der Waals surface area contributed by atoms with Crippen LogP contribution in [0.2, 0.25) is 0 Å². The zero-order chi connectivity index (χ0) is 11.5. The monoisotopic (exact) mass is 226 g/mol. The van der Waals surface area contributed by atoms with Crippen molar-refractivity contribution >= 4 is 6.01 Å². The first-order chi connectivity index (χ1) is 7.69. The molecule has 0 atom stereocenters. The molecule has 1 aliphatic rings. The fourth-order valence-corrected chi connectivity index (χ4v) is 1.94. The Hall–Kier alpha value is -1.14. The SMILES string of the molecule is CN(CC1CC(O)C1)c1nnc(CCN)o1. The summed E-state index contributed by atoms with van der Waals surface area (Å²) >= 11 is 0. The Kier molecular flexibility index (Phi) is 3.40. The van der Waals surface area contributed by atoms with Gasteiger partial charge in [0, 0.05) is 26.6 Å². The maximum atomic E-state index is 9.19. The highest BCUT2D eigenvalue weighted by Gasteiger charge is 2.28. The molecule has 3 N–H and O–H groups in total. The second-order valence-electron chi connectivity index (χ2n) is 4.39. The van der Waals surface area contributed by atoms with Gasteiger partial charge in [0.25, 0.3) is 0 Å². The molecule has 1 aromatic rings. The summed E-state index contributed by atoms with van der Waals surface area (Å²) in [4.78, 5) is 1.93. The van der Waals surface area contributed by atoms with Gasteiger partial charge in [-0.05, 0) is 18.8 Å². The third-order valence-electron chi connectivity index (χ3n) is 2.88. The molecule has 6 nitrogen and oxygen atoms in total. The normalized spacial score (nSPS) is 24.2. The number of aliphatic hydroxyl groups excluding tert-OH is 1. The van der Waals surface area contributed by atoms with Crippen molar-refractivity contribution in [3.63, 3.8) is 0 Å². The Morgan fingerprint density at radius 3 is 2.88 bits per heavy atom. The van der Waals surface area contributed by atoms with Crippen molar-refractivity contribution in [3.05, 3.63) is 5.89 Å². The summed E-state index contributed by atoms with van der Waals surface area (Å²) < 4.78 is 5.44. The van der Waals surface area contributed by atoms with Crippen molar-refractivity contribution in [2.45, 2.75) is 25.4 Å². The molecule has 0 aromatic carbocycles.